The molecule has 0 saturated carbocycles. The molecule has 0 aliphatic carbocycles. The van der Waals surface area contributed by atoms with Crippen molar-refractivity contribution in [3.63, 3.8) is 0 Å². The van der Waals surface area contributed by atoms with E-state index >= 15 is 0 Å². The molecule has 3 aromatic carbocycles. The molecule has 0 bridgehead atoms. The molecule has 3 aromatic rings. The molecule has 0 aliphatic heterocycles. The summed E-state index contributed by atoms with van der Waals surface area (Å²) in [6.45, 7) is 0. The number of nitriles is 1. The average molecular weight is 359 g/mol. The molecule has 0 heterocycles. The summed E-state index contributed by atoms with van der Waals surface area (Å²) in [7, 11) is 0. The van der Waals surface area contributed by atoms with Crippen LogP contribution in [0.5, 0.6) is 11.5 Å². The summed E-state index contributed by atoms with van der Waals surface area (Å²) in [6, 6.07) is 18.8. The molecular formula is C17H9BrClNO. The molecule has 0 fully saturated rings. The van der Waals surface area contributed by atoms with Crippen molar-refractivity contribution >= 4 is 38.3 Å². The zero-order chi connectivity index (χ0) is 14.8. The Bertz CT molecular complexity index is 870. The van der Waals surface area contributed by atoms with Crippen molar-refractivity contribution in [3.8, 4) is 17.6 Å². The van der Waals surface area contributed by atoms with Gasteiger partial charge in [0.25, 0.3) is 0 Å². The van der Waals surface area contributed by atoms with E-state index in [1.54, 1.807) is 18.2 Å². The summed E-state index contributed by atoms with van der Waals surface area (Å²) in [4.78, 5) is 0. The fraction of sp³-hybridized carbons (Fsp3) is 0. The largest absolute Gasteiger partial charge is 0.457 e. The summed E-state index contributed by atoms with van der Waals surface area (Å²) >= 11 is 9.56. The Kier molecular flexibility index (Phi) is 3.83. The molecule has 0 saturated heterocycles. The van der Waals surface area contributed by atoms with Crippen LogP contribution in [0.4, 0.5) is 0 Å². The average Bonchev–Trinajstić information content (AvgIpc) is 2.51. The van der Waals surface area contributed by atoms with Gasteiger partial charge in [0, 0.05) is 20.3 Å². The molecule has 0 unspecified atom stereocenters. The van der Waals surface area contributed by atoms with Crippen LogP contribution in [0.2, 0.25) is 5.02 Å². The number of halogens is 2. The maximum Gasteiger partial charge on any atom is 0.135 e. The van der Waals surface area contributed by atoms with Gasteiger partial charge in [0.05, 0.1) is 5.56 Å². The van der Waals surface area contributed by atoms with Gasteiger partial charge in [-0.25, -0.2) is 0 Å². The van der Waals surface area contributed by atoms with Crippen LogP contribution in [0, 0.1) is 11.3 Å². The second kappa shape index (κ2) is 5.77. The highest BCUT2D eigenvalue weighted by Gasteiger charge is 2.07. The van der Waals surface area contributed by atoms with Crippen molar-refractivity contribution in [1.29, 1.82) is 5.26 Å². The molecule has 0 radical (unpaired) electrons. The lowest BCUT2D eigenvalue weighted by Gasteiger charge is -2.10. The molecular weight excluding hydrogens is 350 g/mol. The summed E-state index contributed by atoms with van der Waals surface area (Å²) in [5.41, 5.74) is 0.573. The monoisotopic (exact) mass is 357 g/mol. The van der Waals surface area contributed by atoms with Crippen molar-refractivity contribution < 1.29 is 4.74 Å². The lowest BCUT2D eigenvalue weighted by molar-refractivity contribution is 0.488. The summed E-state index contributed by atoms with van der Waals surface area (Å²) < 4.78 is 6.64. The predicted molar refractivity (Wildman–Crippen MR) is 87.9 cm³/mol. The summed E-state index contributed by atoms with van der Waals surface area (Å²) in [5.74, 6) is 1.39. The maximum absolute atomic E-state index is 8.94. The van der Waals surface area contributed by atoms with Crippen LogP contribution in [-0.4, -0.2) is 0 Å². The fourth-order valence-electron chi connectivity index (χ4n) is 2.10. The Morgan fingerprint density at radius 3 is 2.48 bits per heavy atom. The number of ether oxygens (including phenoxy) is 1. The van der Waals surface area contributed by atoms with E-state index in [9.17, 15) is 0 Å². The highest BCUT2D eigenvalue weighted by atomic mass is 79.9. The minimum Gasteiger partial charge on any atom is -0.457 e. The molecule has 0 aliphatic rings. The van der Waals surface area contributed by atoms with E-state index in [2.05, 4.69) is 22.0 Å². The van der Waals surface area contributed by atoms with Crippen molar-refractivity contribution in [2.45, 2.75) is 0 Å². The van der Waals surface area contributed by atoms with Gasteiger partial charge in [0.15, 0.2) is 0 Å². The molecule has 2 nitrogen and oxygen atoms in total. The van der Waals surface area contributed by atoms with Gasteiger partial charge in [-0.15, -0.1) is 0 Å². The lowest BCUT2D eigenvalue weighted by atomic mass is 10.1. The molecule has 3 rings (SSSR count). The van der Waals surface area contributed by atoms with Crippen LogP contribution in [0.15, 0.2) is 59.1 Å². The second-order valence-corrected chi connectivity index (χ2v) is 5.71. The Balaban J connectivity index is 2.05. The Morgan fingerprint density at radius 1 is 1.00 bits per heavy atom. The van der Waals surface area contributed by atoms with E-state index in [0.29, 0.717) is 20.8 Å². The summed E-state index contributed by atoms with van der Waals surface area (Å²) in [5, 5.41) is 11.5. The van der Waals surface area contributed by atoms with E-state index < -0.39 is 0 Å². The van der Waals surface area contributed by atoms with Crippen LogP contribution in [0.25, 0.3) is 10.8 Å². The third kappa shape index (κ3) is 2.73. The Labute approximate surface area is 135 Å². The third-order valence-corrected chi connectivity index (χ3v) is 4.11. The van der Waals surface area contributed by atoms with Crippen molar-refractivity contribution in [3.05, 3.63) is 69.7 Å². The molecule has 0 N–H and O–H groups in total. The number of hydrogen-bond acceptors (Lipinski definition) is 2. The van der Waals surface area contributed by atoms with Gasteiger partial charge in [-0.2, -0.15) is 5.26 Å². The molecule has 4 heteroatoms. The number of nitrogens with zero attached hydrogens (tertiary/aromatic N) is 1. The van der Waals surface area contributed by atoms with Crippen LogP contribution in [-0.2, 0) is 0 Å². The lowest BCUT2D eigenvalue weighted by Crippen LogP contribution is -1.87. The molecule has 0 amide bonds. The van der Waals surface area contributed by atoms with Gasteiger partial charge in [0.1, 0.15) is 17.6 Å². The normalized spacial score (nSPS) is 10.3. The number of hydrogen-bond donors (Lipinski definition) is 0. The minimum atomic E-state index is 0.573. The highest BCUT2D eigenvalue weighted by Crippen LogP contribution is 2.35. The third-order valence-electron chi connectivity index (χ3n) is 3.12. The van der Waals surface area contributed by atoms with Crippen LogP contribution in [0.1, 0.15) is 5.56 Å². The Hall–Kier alpha value is -2.02. The van der Waals surface area contributed by atoms with Crippen molar-refractivity contribution in [2.24, 2.45) is 0 Å². The quantitative estimate of drug-likeness (QED) is 0.569. The number of rotatable bonds is 2. The van der Waals surface area contributed by atoms with E-state index in [1.165, 1.54) is 0 Å². The highest BCUT2D eigenvalue weighted by molar-refractivity contribution is 9.10. The first kappa shape index (κ1) is 13.9. The van der Waals surface area contributed by atoms with Gasteiger partial charge in [-0.3, -0.25) is 0 Å². The zero-order valence-electron chi connectivity index (χ0n) is 10.8. The van der Waals surface area contributed by atoms with Crippen LogP contribution < -0.4 is 4.74 Å². The van der Waals surface area contributed by atoms with Crippen molar-refractivity contribution in [1.82, 2.24) is 0 Å². The zero-order valence-corrected chi connectivity index (χ0v) is 13.1. The van der Waals surface area contributed by atoms with Gasteiger partial charge in [-0.05, 0) is 46.3 Å². The van der Waals surface area contributed by atoms with Gasteiger partial charge in [0.2, 0.25) is 0 Å². The smallest absolute Gasteiger partial charge is 0.135 e. The van der Waals surface area contributed by atoms with Gasteiger partial charge < -0.3 is 4.74 Å². The summed E-state index contributed by atoms with van der Waals surface area (Å²) in [6.07, 6.45) is 0. The van der Waals surface area contributed by atoms with Crippen LogP contribution >= 0.6 is 27.5 Å². The van der Waals surface area contributed by atoms with E-state index in [0.717, 1.165) is 16.5 Å². The predicted octanol–water partition coefficient (Wildman–Crippen LogP) is 5.92. The molecule has 0 atom stereocenters. The van der Waals surface area contributed by atoms with E-state index in [4.69, 9.17) is 21.6 Å². The minimum absolute atomic E-state index is 0.573. The maximum atomic E-state index is 8.94. The number of fused-ring (bicyclic) bond motifs is 1. The van der Waals surface area contributed by atoms with E-state index in [-0.39, 0.29) is 0 Å². The first-order valence-corrected chi connectivity index (χ1v) is 7.41. The first-order chi connectivity index (χ1) is 10.2. The van der Waals surface area contributed by atoms with E-state index in [1.807, 2.05) is 36.4 Å². The number of benzene rings is 3. The van der Waals surface area contributed by atoms with Crippen molar-refractivity contribution in [2.75, 3.05) is 0 Å². The molecule has 102 valence electrons. The second-order valence-electron chi connectivity index (χ2n) is 4.45. The molecule has 21 heavy (non-hydrogen) atoms. The SMILES string of the molecule is N#Cc1ccc(Oc2ccc(Cl)c3ccccc23)cc1Br. The van der Waals surface area contributed by atoms with Crippen LogP contribution in [0.3, 0.4) is 0 Å². The molecule has 0 aromatic heterocycles. The fourth-order valence-corrected chi connectivity index (χ4v) is 2.77. The van der Waals surface area contributed by atoms with Gasteiger partial charge >= 0.3 is 0 Å². The Morgan fingerprint density at radius 2 is 1.76 bits per heavy atom. The van der Waals surface area contributed by atoms with Gasteiger partial charge in [-0.1, -0.05) is 35.9 Å². The standard InChI is InChI=1S/C17H9BrClNO/c18-15-9-12(6-5-11(15)10-20)21-17-8-7-16(19)13-3-1-2-4-14(13)17/h1-9H. The first-order valence-electron chi connectivity index (χ1n) is 6.24. The topological polar surface area (TPSA) is 33.0 Å². The molecule has 0 spiro atoms.